The van der Waals surface area contributed by atoms with E-state index in [1.54, 1.807) is 12.4 Å². The van der Waals surface area contributed by atoms with E-state index in [1.165, 1.54) is 11.1 Å². The number of carboxylic acid groups (broad SMARTS) is 2. The summed E-state index contributed by atoms with van der Waals surface area (Å²) in [5.41, 5.74) is 11.4. The average molecular weight is 453 g/mol. The van der Waals surface area contributed by atoms with Crippen LogP contribution in [0.15, 0.2) is 42.9 Å². The molecule has 10 heteroatoms. The number of H-pyrrole nitrogens is 1. The number of carboxylic acids is 2. The van der Waals surface area contributed by atoms with Crippen molar-refractivity contribution in [1.82, 2.24) is 24.5 Å². The smallest absolute Gasteiger partial charge is 0.300 e. The zero-order valence-corrected chi connectivity index (χ0v) is 19.0. The van der Waals surface area contributed by atoms with E-state index in [-0.39, 0.29) is 0 Å². The molecule has 10 nitrogen and oxygen atoms in total. The number of aryl methyl sites for hydroxylation is 4. The van der Waals surface area contributed by atoms with Crippen molar-refractivity contribution in [2.45, 2.75) is 40.7 Å². The van der Waals surface area contributed by atoms with Gasteiger partial charge in [0, 0.05) is 51.0 Å². The van der Waals surface area contributed by atoms with Crippen LogP contribution in [0.5, 0.6) is 0 Å². The van der Waals surface area contributed by atoms with Crippen LogP contribution in [0, 0.1) is 13.8 Å². The minimum absolute atomic E-state index is 0.496. The summed E-state index contributed by atoms with van der Waals surface area (Å²) in [4.78, 5) is 34.7. The first-order valence-corrected chi connectivity index (χ1v) is 10.1. The third-order valence-corrected chi connectivity index (χ3v) is 4.57. The number of nitrogens with two attached hydrogens (primary N) is 1. The lowest BCUT2D eigenvalue weighted by Crippen LogP contribution is -2.04. The molecule has 0 radical (unpaired) electrons. The van der Waals surface area contributed by atoms with Crippen LogP contribution in [0.3, 0.4) is 0 Å². The maximum Gasteiger partial charge on any atom is 0.300 e. The molecule has 0 aliphatic carbocycles. The van der Waals surface area contributed by atoms with Crippen LogP contribution < -0.4 is 5.73 Å². The summed E-state index contributed by atoms with van der Waals surface area (Å²) in [7, 11) is 0. The highest BCUT2D eigenvalue weighted by Crippen LogP contribution is 2.21. The van der Waals surface area contributed by atoms with Gasteiger partial charge in [-0.15, -0.1) is 0 Å². The number of aromatic amines is 1. The third-order valence-electron chi connectivity index (χ3n) is 4.57. The second-order valence-electron chi connectivity index (χ2n) is 7.29. The van der Waals surface area contributed by atoms with Gasteiger partial charge in [0.1, 0.15) is 17.5 Å². The van der Waals surface area contributed by atoms with E-state index in [0.29, 0.717) is 5.82 Å². The molecule has 0 bridgehead atoms. The number of nitrogens with zero attached hydrogens (tertiary/aromatic N) is 4. The minimum atomic E-state index is -0.833. The van der Waals surface area contributed by atoms with Crippen LogP contribution in [0.25, 0.3) is 22.4 Å². The van der Waals surface area contributed by atoms with E-state index >= 15 is 0 Å². The first-order valence-electron chi connectivity index (χ1n) is 10.1. The average Bonchev–Trinajstić information content (AvgIpc) is 3.35. The molecule has 0 fully saturated rings. The summed E-state index contributed by atoms with van der Waals surface area (Å²) in [5, 5.41) is 14.8. The lowest BCUT2D eigenvalue weighted by molar-refractivity contribution is -0.135. The number of pyridine rings is 1. The van der Waals surface area contributed by atoms with Gasteiger partial charge >= 0.3 is 0 Å². The van der Waals surface area contributed by atoms with E-state index in [4.69, 9.17) is 30.5 Å². The predicted molar refractivity (Wildman–Crippen MR) is 126 cm³/mol. The number of rotatable bonds is 4. The van der Waals surface area contributed by atoms with Crippen LogP contribution in [0.4, 0.5) is 5.82 Å². The lowest BCUT2D eigenvalue weighted by atomic mass is 10.1. The molecule has 3 heterocycles. The van der Waals surface area contributed by atoms with Crippen LogP contribution >= 0.6 is 0 Å². The molecule has 0 atom stereocenters. The maximum absolute atomic E-state index is 9.00. The molecule has 5 N–H and O–H groups in total. The molecular formula is C23H28N6O4. The summed E-state index contributed by atoms with van der Waals surface area (Å²) in [5.74, 6) is 0.699. The highest BCUT2D eigenvalue weighted by Gasteiger charge is 2.10. The van der Waals surface area contributed by atoms with Gasteiger partial charge in [-0.2, -0.15) is 0 Å². The summed E-state index contributed by atoms with van der Waals surface area (Å²) in [6, 6.07) is 7.98. The Morgan fingerprint density at radius 3 is 2.36 bits per heavy atom. The number of aliphatic carboxylic acids is 2. The third kappa shape index (κ3) is 7.46. The molecule has 174 valence electrons. The first kappa shape index (κ1) is 25.1. The molecule has 0 aliphatic heterocycles. The quantitative estimate of drug-likeness (QED) is 0.366. The summed E-state index contributed by atoms with van der Waals surface area (Å²) >= 11 is 0. The summed E-state index contributed by atoms with van der Waals surface area (Å²) in [6.45, 7) is 7.18. The topological polar surface area (TPSA) is 160 Å². The normalized spacial score (nSPS) is 10.1. The summed E-state index contributed by atoms with van der Waals surface area (Å²) in [6.07, 6.45) is 6.28. The first-order chi connectivity index (χ1) is 15.6. The fourth-order valence-electron chi connectivity index (χ4n) is 3.05. The molecule has 33 heavy (non-hydrogen) atoms. The van der Waals surface area contributed by atoms with Gasteiger partial charge in [0.2, 0.25) is 0 Å². The number of aromatic nitrogens is 5. The number of nitrogens with one attached hydrogen (secondary N) is 1. The van der Waals surface area contributed by atoms with Crippen molar-refractivity contribution in [3.8, 4) is 11.4 Å². The number of anilines is 1. The number of nitrogen functional groups attached to an aromatic ring is 1. The maximum atomic E-state index is 9.00. The molecule has 0 spiro atoms. The molecule has 4 aromatic rings. The van der Waals surface area contributed by atoms with Gasteiger partial charge in [0.05, 0.1) is 11.0 Å². The van der Waals surface area contributed by atoms with Gasteiger partial charge < -0.3 is 25.5 Å². The molecule has 0 amide bonds. The van der Waals surface area contributed by atoms with Gasteiger partial charge in [0.25, 0.3) is 11.9 Å². The number of benzene rings is 1. The number of carbonyl (C=O) groups is 2. The van der Waals surface area contributed by atoms with E-state index in [9.17, 15) is 0 Å². The number of imidazole rings is 2. The van der Waals surface area contributed by atoms with Crippen molar-refractivity contribution in [3.63, 3.8) is 0 Å². The second kappa shape index (κ2) is 11.4. The molecule has 0 saturated heterocycles. The molecule has 0 unspecified atom stereocenters. The highest BCUT2D eigenvalue weighted by atomic mass is 16.4. The van der Waals surface area contributed by atoms with Gasteiger partial charge in [-0.1, -0.05) is 6.07 Å². The second-order valence-corrected chi connectivity index (χ2v) is 7.29. The Morgan fingerprint density at radius 1 is 1.06 bits per heavy atom. The Balaban J connectivity index is 0.000000420. The Kier molecular flexibility index (Phi) is 8.67. The fraction of sp³-hybridized carbons (Fsp3) is 0.261. The van der Waals surface area contributed by atoms with Gasteiger partial charge in [-0.05, 0) is 43.2 Å². The lowest BCUT2D eigenvalue weighted by Gasteiger charge is -2.07. The summed E-state index contributed by atoms with van der Waals surface area (Å²) < 4.78 is 2.11. The van der Waals surface area contributed by atoms with Crippen molar-refractivity contribution in [2.24, 2.45) is 0 Å². The van der Waals surface area contributed by atoms with Crippen molar-refractivity contribution < 1.29 is 19.8 Å². The molecule has 1 aromatic carbocycles. The SMILES string of the molecule is CC(=O)O.CC(=O)O.Cc1ccc2[nH]c(CCn3ccnc3-c3ccnc(N)c3)nc2c1C. The van der Waals surface area contributed by atoms with Crippen LogP contribution in [0.2, 0.25) is 0 Å². The standard InChI is InChI=1S/C19H20N6.2C2H4O2/c1-12-3-4-15-18(13(12)2)24-17(23-15)6-9-25-10-8-22-19(25)14-5-7-21-16(20)11-14;2*1-2(3)4/h3-5,7-8,10-11H,6,9H2,1-2H3,(H2,20,21)(H,23,24);2*1H3,(H,3,4). The van der Waals surface area contributed by atoms with Crippen molar-refractivity contribution in [3.05, 3.63) is 59.8 Å². The Bertz CT molecular complexity index is 1220. The van der Waals surface area contributed by atoms with Crippen molar-refractivity contribution in [2.75, 3.05) is 5.73 Å². The number of hydrogen-bond acceptors (Lipinski definition) is 6. The van der Waals surface area contributed by atoms with Crippen molar-refractivity contribution in [1.29, 1.82) is 0 Å². The molecule has 0 aliphatic rings. The van der Waals surface area contributed by atoms with Crippen LogP contribution in [-0.2, 0) is 22.6 Å². The minimum Gasteiger partial charge on any atom is -0.481 e. The van der Waals surface area contributed by atoms with E-state index < -0.39 is 11.9 Å². The Labute approximate surface area is 191 Å². The monoisotopic (exact) mass is 452 g/mol. The Hall–Kier alpha value is -4.21. The number of hydrogen-bond donors (Lipinski definition) is 4. The highest BCUT2D eigenvalue weighted by molar-refractivity contribution is 5.79. The van der Waals surface area contributed by atoms with E-state index in [0.717, 1.165) is 55.1 Å². The van der Waals surface area contributed by atoms with E-state index in [2.05, 4.69) is 45.5 Å². The van der Waals surface area contributed by atoms with Crippen LogP contribution in [-0.4, -0.2) is 46.7 Å². The largest absolute Gasteiger partial charge is 0.481 e. The van der Waals surface area contributed by atoms with E-state index in [1.807, 2.05) is 18.3 Å². The molecule has 0 saturated carbocycles. The molecular weight excluding hydrogens is 424 g/mol. The Morgan fingerprint density at radius 2 is 1.73 bits per heavy atom. The number of fused-ring (bicyclic) bond motifs is 1. The molecule has 3 aromatic heterocycles. The predicted octanol–water partition coefficient (Wildman–Crippen LogP) is 3.44. The van der Waals surface area contributed by atoms with Gasteiger partial charge in [-0.3, -0.25) is 9.59 Å². The van der Waals surface area contributed by atoms with Crippen LogP contribution in [0.1, 0.15) is 30.8 Å². The van der Waals surface area contributed by atoms with Crippen molar-refractivity contribution >= 4 is 28.8 Å². The fourth-order valence-corrected chi connectivity index (χ4v) is 3.05. The zero-order chi connectivity index (χ0) is 24.5. The van der Waals surface area contributed by atoms with Gasteiger partial charge in [0.15, 0.2) is 0 Å². The molecule has 4 rings (SSSR count). The zero-order valence-electron chi connectivity index (χ0n) is 19.0. The van der Waals surface area contributed by atoms with Gasteiger partial charge in [-0.25, -0.2) is 15.0 Å².